The molecule has 0 unspecified atom stereocenters. The zero-order valence-electron chi connectivity index (χ0n) is 12.8. The van der Waals surface area contributed by atoms with Gasteiger partial charge >= 0.3 is 0 Å². The topological polar surface area (TPSA) is 51.9 Å². The van der Waals surface area contributed by atoms with Crippen LogP contribution in [-0.4, -0.2) is 20.9 Å². The monoisotopic (exact) mass is 350 g/mol. The summed E-state index contributed by atoms with van der Waals surface area (Å²) in [5.41, 5.74) is 2.55. The van der Waals surface area contributed by atoms with Gasteiger partial charge in [0.2, 0.25) is 0 Å². The van der Waals surface area contributed by atoms with Crippen LogP contribution in [0.15, 0.2) is 35.4 Å². The van der Waals surface area contributed by atoms with Crippen LogP contribution in [0.2, 0.25) is 10.0 Å². The molecule has 0 aliphatic heterocycles. The SMILES string of the molecule is Cn1ncc(NCCc2cn(C)c3cc(Cl)ccc23)c(Cl)c1=O. The van der Waals surface area contributed by atoms with E-state index in [9.17, 15) is 4.79 Å². The van der Waals surface area contributed by atoms with Gasteiger partial charge in [0.1, 0.15) is 5.02 Å². The minimum atomic E-state index is -0.309. The Labute approximate surface area is 143 Å². The Bertz CT molecular complexity index is 930. The maximum atomic E-state index is 11.7. The van der Waals surface area contributed by atoms with Gasteiger partial charge in [-0.1, -0.05) is 29.3 Å². The summed E-state index contributed by atoms with van der Waals surface area (Å²) >= 11 is 12.1. The maximum Gasteiger partial charge on any atom is 0.287 e. The summed E-state index contributed by atoms with van der Waals surface area (Å²) in [6.07, 6.45) is 4.45. The normalized spacial score (nSPS) is 11.1. The number of fused-ring (bicyclic) bond motifs is 1. The number of benzene rings is 1. The number of nitrogens with one attached hydrogen (secondary N) is 1. The lowest BCUT2D eigenvalue weighted by molar-refractivity contribution is 0.708. The molecule has 0 aliphatic carbocycles. The predicted octanol–water partition coefficient (Wildman–Crippen LogP) is 3.23. The molecule has 1 aromatic carbocycles. The number of anilines is 1. The van der Waals surface area contributed by atoms with Crippen molar-refractivity contribution in [2.75, 3.05) is 11.9 Å². The van der Waals surface area contributed by atoms with Gasteiger partial charge in [0.25, 0.3) is 5.56 Å². The second-order valence-corrected chi connectivity index (χ2v) is 6.22. The summed E-state index contributed by atoms with van der Waals surface area (Å²) in [6, 6.07) is 5.87. The third kappa shape index (κ3) is 3.07. The van der Waals surface area contributed by atoms with Gasteiger partial charge in [-0.15, -0.1) is 0 Å². The fraction of sp³-hybridized carbons (Fsp3) is 0.250. The molecule has 0 bridgehead atoms. The first-order valence-electron chi connectivity index (χ1n) is 7.16. The summed E-state index contributed by atoms with van der Waals surface area (Å²) in [4.78, 5) is 11.7. The Morgan fingerprint density at radius 1 is 1.26 bits per heavy atom. The highest BCUT2D eigenvalue weighted by molar-refractivity contribution is 6.33. The number of hydrogen-bond donors (Lipinski definition) is 1. The molecular weight excluding hydrogens is 335 g/mol. The van der Waals surface area contributed by atoms with Gasteiger partial charge in [-0.25, -0.2) is 4.68 Å². The van der Waals surface area contributed by atoms with Crippen LogP contribution in [-0.2, 0) is 20.5 Å². The van der Waals surface area contributed by atoms with E-state index in [2.05, 4.69) is 21.2 Å². The maximum absolute atomic E-state index is 11.7. The molecule has 0 saturated carbocycles. The van der Waals surface area contributed by atoms with Crippen molar-refractivity contribution in [2.45, 2.75) is 6.42 Å². The van der Waals surface area contributed by atoms with Crippen LogP contribution in [0, 0.1) is 0 Å². The van der Waals surface area contributed by atoms with Crippen LogP contribution in [0.4, 0.5) is 5.69 Å². The van der Waals surface area contributed by atoms with Crippen molar-refractivity contribution in [2.24, 2.45) is 14.1 Å². The second-order valence-electron chi connectivity index (χ2n) is 5.40. The smallest absolute Gasteiger partial charge is 0.287 e. The van der Waals surface area contributed by atoms with E-state index in [0.717, 1.165) is 17.0 Å². The number of aromatic nitrogens is 3. The van der Waals surface area contributed by atoms with Crippen molar-refractivity contribution in [3.8, 4) is 0 Å². The van der Waals surface area contributed by atoms with Crippen molar-refractivity contribution in [3.63, 3.8) is 0 Å². The van der Waals surface area contributed by atoms with E-state index in [1.54, 1.807) is 13.2 Å². The Hall–Kier alpha value is -1.98. The highest BCUT2D eigenvalue weighted by Gasteiger charge is 2.09. The minimum absolute atomic E-state index is 0.159. The Balaban J connectivity index is 1.77. The second kappa shape index (κ2) is 6.26. The molecule has 120 valence electrons. The van der Waals surface area contributed by atoms with E-state index in [-0.39, 0.29) is 10.6 Å². The van der Waals surface area contributed by atoms with Crippen LogP contribution in [0.25, 0.3) is 10.9 Å². The van der Waals surface area contributed by atoms with Gasteiger partial charge < -0.3 is 9.88 Å². The summed E-state index contributed by atoms with van der Waals surface area (Å²) in [5, 5.41) is 9.20. The van der Waals surface area contributed by atoms with E-state index in [4.69, 9.17) is 23.2 Å². The van der Waals surface area contributed by atoms with Crippen molar-refractivity contribution in [1.29, 1.82) is 0 Å². The average molecular weight is 351 g/mol. The zero-order valence-corrected chi connectivity index (χ0v) is 14.3. The van der Waals surface area contributed by atoms with Crippen molar-refractivity contribution >= 4 is 39.8 Å². The van der Waals surface area contributed by atoms with E-state index in [1.807, 2.05) is 25.2 Å². The standard InChI is InChI=1S/C16H16Cl2N4O/c1-21-9-10(12-4-3-11(17)7-14(12)21)5-6-19-13-8-20-22(2)16(23)15(13)18/h3-4,7-9,19H,5-6H2,1-2H3. The summed E-state index contributed by atoms with van der Waals surface area (Å²) in [7, 11) is 3.57. The number of hydrogen-bond acceptors (Lipinski definition) is 3. The number of halogens is 2. The number of aryl methyl sites for hydroxylation is 2. The first-order chi connectivity index (χ1) is 11.0. The summed E-state index contributed by atoms with van der Waals surface area (Å²) < 4.78 is 3.27. The first kappa shape index (κ1) is 15.9. The molecule has 0 radical (unpaired) electrons. The molecular formula is C16H16Cl2N4O. The molecule has 0 amide bonds. The van der Waals surface area contributed by atoms with Gasteiger partial charge in [0.15, 0.2) is 0 Å². The molecule has 2 heterocycles. The van der Waals surface area contributed by atoms with Crippen LogP contribution < -0.4 is 10.9 Å². The molecule has 23 heavy (non-hydrogen) atoms. The van der Waals surface area contributed by atoms with Gasteiger partial charge in [0, 0.05) is 42.8 Å². The van der Waals surface area contributed by atoms with Gasteiger partial charge in [0.05, 0.1) is 11.9 Å². The molecule has 0 saturated heterocycles. The quantitative estimate of drug-likeness (QED) is 0.785. The molecule has 5 nitrogen and oxygen atoms in total. The lowest BCUT2D eigenvalue weighted by atomic mass is 10.1. The van der Waals surface area contributed by atoms with Crippen LogP contribution in [0.5, 0.6) is 0 Å². The zero-order chi connectivity index (χ0) is 16.6. The van der Waals surface area contributed by atoms with Crippen LogP contribution >= 0.6 is 23.2 Å². The fourth-order valence-corrected chi connectivity index (χ4v) is 3.01. The van der Waals surface area contributed by atoms with E-state index in [1.165, 1.54) is 15.6 Å². The molecule has 2 aromatic heterocycles. The molecule has 3 rings (SSSR count). The molecule has 0 fully saturated rings. The summed E-state index contributed by atoms with van der Waals surface area (Å²) in [5.74, 6) is 0. The average Bonchev–Trinajstić information content (AvgIpc) is 2.83. The largest absolute Gasteiger partial charge is 0.382 e. The molecule has 7 heteroatoms. The molecule has 3 aromatic rings. The lowest BCUT2D eigenvalue weighted by Gasteiger charge is -2.08. The summed E-state index contributed by atoms with van der Waals surface area (Å²) in [6.45, 7) is 0.649. The third-order valence-electron chi connectivity index (χ3n) is 3.82. The first-order valence-corrected chi connectivity index (χ1v) is 7.92. The van der Waals surface area contributed by atoms with Gasteiger partial charge in [-0.2, -0.15) is 5.10 Å². The number of rotatable bonds is 4. The van der Waals surface area contributed by atoms with Crippen molar-refractivity contribution in [3.05, 3.63) is 56.6 Å². The van der Waals surface area contributed by atoms with Gasteiger partial charge in [-0.05, 0) is 24.1 Å². The lowest BCUT2D eigenvalue weighted by Crippen LogP contribution is -2.21. The Kier molecular flexibility index (Phi) is 4.33. The van der Waals surface area contributed by atoms with Crippen molar-refractivity contribution in [1.82, 2.24) is 14.3 Å². The number of nitrogens with zero attached hydrogens (tertiary/aromatic N) is 3. The van der Waals surface area contributed by atoms with Crippen molar-refractivity contribution < 1.29 is 0 Å². The highest BCUT2D eigenvalue weighted by atomic mass is 35.5. The highest BCUT2D eigenvalue weighted by Crippen LogP contribution is 2.24. The Morgan fingerprint density at radius 3 is 2.83 bits per heavy atom. The predicted molar refractivity (Wildman–Crippen MR) is 94.6 cm³/mol. The van der Waals surface area contributed by atoms with Crippen LogP contribution in [0.1, 0.15) is 5.56 Å². The molecule has 0 aliphatic rings. The van der Waals surface area contributed by atoms with E-state index in [0.29, 0.717) is 12.2 Å². The molecule has 1 N–H and O–H groups in total. The molecule has 0 spiro atoms. The Morgan fingerprint density at radius 2 is 2.04 bits per heavy atom. The van der Waals surface area contributed by atoms with Crippen LogP contribution in [0.3, 0.4) is 0 Å². The molecule has 0 atom stereocenters. The van der Waals surface area contributed by atoms with E-state index >= 15 is 0 Å². The fourth-order valence-electron chi connectivity index (χ4n) is 2.61. The minimum Gasteiger partial charge on any atom is -0.382 e. The van der Waals surface area contributed by atoms with Gasteiger partial charge in [-0.3, -0.25) is 4.79 Å². The third-order valence-corrected chi connectivity index (χ3v) is 4.42. The van der Waals surface area contributed by atoms with E-state index < -0.39 is 0 Å².